The molecule has 0 atom stereocenters. The highest BCUT2D eigenvalue weighted by molar-refractivity contribution is 5.94. The number of rotatable bonds is 22. The van der Waals surface area contributed by atoms with Crippen molar-refractivity contribution in [2.45, 2.75) is 129 Å². The van der Waals surface area contributed by atoms with E-state index in [0.717, 1.165) is 25.3 Å². The van der Waals surface area contributed by atoms with Crippen LogP contribution in [0.2, 0.25) is 0 Å². The molecule has 0 aromatic carbocycles. The highest BCUT2D eigenvalue weighted by Gasteiger charge is 2.08. The minimum absolute atomic E-state index is 0.000228. The van der Waals surface area contributed by atoms with Crippen molar-refractivity contribution in [3.8, 4) is 0 Å². The number of carbonyl (C=O) groups is 2. The lowest BCUT2D eigenvalue weighted by Gasteiger charge is -2.03. The fraction of sp³-hybridized carbons (Fsp3) is 0.769. The Bertz CT molecular complexity index is 479. The second kappa shape index (κ2) is 22.1. The number of hydrogen-bond donors (Lipinski definition) is 2. The Morgan fingerprint density at radius 1 is 0.600 bits per heavy atom. The first-order valence-corrected chi connectivity index (χ1v) is 12.4. The average Bonchev–Trinajstić information content (AvgIpc) is 2.71. The van der Waals surface area contributed by atoms with Crippen LogP contribution in [0.3, 0.4) is 0 Å². The first-order chi connectivity index (χ1) is 14.6. The van der Waals surface area contributed by atoms with Crippen LogP contribution in [0, 0.1) is 0 Å². The van der Waals surface area contributed by atoms with Crippen LogP contribution in [0.4, 0.5) is 0 Å². The van der Waals surface area contributed by atoms with Gasteiger partial charge < -0.3 is 10.2 Å². The summed E-state index contributed by atoms with van der Waals surface area (Å²) in [5, 5.41) is 17.6. The van der Waals surface area contributed by atoms with Crippen LogP contribution in [0.25, 0.3) is 0 Å². The molecule has 4 heteroatoms. The van der Waals surface area contributed by atoms with Crippen molar-refractivity contribution < 1.29 is 19.8 Å². The van der Waals surface area contributed by atoms with Crippen LogP contribution in [0.15, 0.2) is 23.8 Å². The second-order valence-electron chi connectivity index (χ2n) is 8.42. The maximum absolute atomic E-state index is 10.9. The Morgan fingerprint density at radius 3 is 1.40 bits per heavy atom. The van der Waals surface area contributed by atoms with E-state index in [2.05, 4.69) is 19.1 Å². The first kappa shape index (κ1) is 28.4. The lowest BCUT2D eigenvalue weighted by Crippen LogP contribution is -2.04. The van der Waals surface area contributed by atoms with Crippen LogP contribution < -0.4 is 0 Å². The molecule has 174 valence electrons. The zero-order valence-electron chi connectivity index (χ0n) is 19.4. The summed E-state index contributed by atoms with van der Waals surface area (Å²) >= 11 is 0. The quantitative estimate of drug-likeness (QED) is 0.105. The summed E-state index contributed by atoms with van der Waals surface area (Å²) in [6.45, 7) is 2.26. The number of aliphatic carboxylic acids is 2. The smallest absolute Gasteiger partial charge is 0.331 e. The third-order valence-electron chi connectivity index (χ3n) is 5.53. The molecule has 0 fully saturated rings. The molecule has 0 amide bonds. The van der Waals surface area contributed by atoms with Crippen LogP contribution in [0.1, 0.15) is 129 Å². The van der Waals surface area contributed by atoms with Crippen molar-refractivity contribution in [2.75, 3.05) is 0 Å². The molecule has 0 spiro atoms. The van der Waals surface area contributed by atoms with Gasteiger partial charge in [0, 0.05) is 11.6 Å². The topological polar surface area (TPSA) is 74.6 Å². The van der Waals surface area contributed by atoms with E-state index < -0.39 is 11.9 Å². The molecule has 0 unspecified atom stereocenters. The summed E-state index contributed by atoms with van der Waals surface area (Å²) in [5.74, 6) is -2.30. The van der Waals surface area contributed by atoms with E-state index in [1.165, 1.54) is 96.3 Å². The summed E-state index contributed by atoms with van der Waals surface area (Å²) in [6, 6.07) is 0. The standard InChI is InChI=1S/C26H46O4/c1-2-3-4-5-6-7-8-9-10-11-12-13-14-15-16-17-18-19-20-21-22-24(26(29)30)23-25(27)28/h9-10,23H,2-8,11-22H2,1H3,(H,27,28)(H,29,30)/b10-9-,24-23-. The molecule has 2 N–H and O–H groups in total. The molecule has 0 aliphatic carbocycles. The minimum Gasteiger partial charge on any atom is -0.478 e. The molecule has 0 saturated carbocycles. The highest BCUT2D eigenvalue weighted by Crippen LogP contribution is 2.14. The van der Waals surface area contributed by atoms with Gasteiger partial charge in [0.2, 0.25) is 0 Å². The SMILES string of the molecule is CCCCCCCC/C=C\CCCCCCCCCCCC/C(=C/C(=O)O)C(=O)O. The molecule has 0 bridgehead atoms. The fourth-order valence-electron chi connectivity index (χ4n) is 3.66. The van der Waals surface area contributed by atoms with Crippen molar-refractivity contribution in [3.63, 3.8) is 0 Å². The van der Waals surface area contributed by atoms with Crippen molar-refractivity contribution in [2.24, 2.45) is 0 Å². The van der Waals surface area contributed by atoms with Gasteiger partial charge in [-0.25, -0.2) is 9.59 Å². The van der Waals surface area contributed by atoms with Crippen LogP contribution in [0.5, 0.6) is 0 Å². The lowest BCUT2D eigenvalue weighted by atomic mass is 10.0. The van der Waals surface area contributed by atoms with Gasteiger partial charge in [-0.15, -0.1) is 0 Å². The summed E-state index contributed by atoms with van der Waals surface area (Å²) in [5.41, 5.74) is -0.000228. The fourth-order valence-corrected chi connectivity index (χ4v) is 3.66. The van der Waals surface area contributed by atoms with E-state index in [-0.39, 0.29) is 5.57 Å². The van der Waals surface area contributed by atoms with Gasteiger partial charge in [-0.05, 0) is 38.5 Å². The molecule has 0 heterocycles. The van der Waals surface area contributed by atoms with Crippen LogP contribution in [-0.2, 0) is 9.59 Å². The van der Waals surface area contributed by atoms with Gasteiger partial charge in [-0.2, -0.15) is 0 Å². The number of carboxylic acid groups (broad SMARTS) is 2. The van der Waals surface area contributed by atoms with Gasteiger partial charge in [0.05, 0.1) is 0 Å². The Hall–Kier alpha value is -1.58. The van der Waals surface area contributed by atoms with Gasteiger partial charge in [-0.1, -0.05) is 103 Å². The highest BCUT2D eigenvalue weighted by atomic mass is 16.4. The van der Waals surface area contributed by atoms with Crippen molar-refractivity contribution in [3.05, 3.63) is 23.8 Å². The van der Waals surface area contributed by atoms with E-state index in [4.69, 9.17) is 10.2 Å². The van der Waals surface area contributed by atoms with E-state index in [0.29, 0.717) is 6.42 Å². The third-order valence-corrected chi connectivity index (χ3v) is 5.53. The van der Waals surface area contributed by atoms with Crippen LogP contribution >= 0.6 is 0 Å². The number of allylic oxidation sites excluding steroid dienone is 2. The Labute approximate surface area is 184 Å². The zero-order valence-corrected chi connectivity index (χ0v) is 19.4. The molecule has 0 aliphatic rings. The Balaban J connectivity index is 3.32. The van der Waals surface area contributed by atoms with E-state index in [9.17, 15) is 9.59 Å². The van der Waals surface area contributed by atoms with Gasteiger partial charge in [0.1, 0.15) is 0 Å². The number of carboxylic acids is 2. The predicted octanol–water partition coefficient (Wildman–Crippen LogP) is 8.07. The van der Waals surface area contributed by atoms with E-state index >= 15 is 0 Å². The number of unbranched alkanes of at least 4 members (excludes halogenated alkanes) is 16. The molecule has 0 aromatic rings. The normalized spacial score (nSPS) is 12.0. The second-order valence-corrected chi connectivity index (χ2v) is 8.42. The molecular weight excluding hydrogens is 376 g/mol. The number of hydrogen-bond acceptors (Lipinski definition) is 2. The first-order valence-electron chi connectivity index (χ1n) is 12.4. The monoisotopic (exact) mass is 422 g/mol. The predicted molar refractivity (Wildman–Crippen MR) is 126 cm³/mol. The summed E-state index contributed by atoms with van der Waals surface area (Å²) in [7, 11) is 0. The van der Waals surface area contributed by atoms with Gasteiger partial charge in [0.25, 0.3) is 0 Å². The molecule has 0 saturated heterocycles. The third kappa shape index (κ3) is 21.1. The average molecular weight is 423 g/mol. The van der Waals surface area contributed by atoms with Crippen molar-refractivity contribution >= 4 is 11.9 Å². The summed E-state index contributed by atoms with van der Waals surface area (Å²) < 4.78 is 0. The zero-order chi connectivity index (χ0) is 22.3. The Kier molecular flexibility index (Phi) is 20.9. The van der Waals surface area contributed by atoms with Gasteiger partial charge in [-0.3, -0.25) is 0 Å². The molecule has 0 aliphatic heterocycles. The van der Waals surface area contributed by atoms with Crippen LogP contribution in [-0.4, -0.2) is 22.2 Å². The summed E-state index contributed by atoms with van der Waals surface area (Å²) in [6.07, 6.45) is 28.4. The van der Waals surface area contributed by atoms with Gasteiger partial charge in [0.15, 0.2) is 0 Å². The summed E-state index contributed by atoms with van der Waals surface area (Å²) in [4.78, 5) is 21.5. The molecule has 0 aromatic heterocycles. The lowest BCUT2D eigenvalue weighted by molar-refractivity contribution is -0.135. The molecular formula is C26H46O4. The van der Waals surface area contributed by atoms with Gasteiger partial charge >= 0.3 is 11.9 Å². The maximum atomic E-state index is 10.9. The van der Waals surface area contributed by atoms with Crippen molar-refractivity contribution in [1.82, 2.24) is 0 Å². The largest absolute Gasteiger partial charge is 0.478 e. The van der Waals surface area contributed by atoms with Crippen molar-refractivity contribution in [1.29, 1.82) is 0 Å². The molecule has 4 nitrogen and oxygen atoms in total. The Morgan fingerprint density at radius 2 is 1.00 bits per heavy atom. The minimum atomic E-state index is -1.18. The van der Waals surface area contributed by atoms with E-state index in [1.54, 1.807) is 0 Å². The molecule has 30 heavy (non-hydrogen) atoms. The molecule has 0 rings (SSSR count). The maximum Gasteiger partial charge on any atom is 0.331 e. The molecule has 0 radical (unpaired) electrons. The van der Waals surface area contributed by atoms with E-state index in [1.807, 2.05) is 0 Å².